The molecule has 0 unspecified atom stereocenters. The van der Waals surface area contributed by atoms with E-state index in [1.165, 1.54) is 0 Å². The summed E-state index contributed by atoms with van der Waals surface area (Å²) in [6.07, 6.45) is 2.94. The number of hydrogen-bond donors (Lipinski definition) is 2. The lowest BCUT2D eigenvalue weighted by Gasteiger charge is -2.26. The van der Waals surface area contributed by atoms with Gasteiger partial charge in [0, 0.05) is 18.5 Å². The molecule has 0 atom stereocenters. The molecule has 4 nitrogen and oxygen atoms in total. The predicted molar refractivity (Wildman–Crippen MR) is 89.1 cm³/mol. The fraction of sp³-hybridized carbons (Fsp3) is 0.562. The first kappa shape index (κ1) is 19.7. The number of rotatable bonds is 8. The van der Waals surface area contributed by atoms with Gasteiger partial charge < -0.3 is 15.8 Å². The van der Waals surface area contributed by atoms with Crippen LogP contribution in [0.25, 0.3) is 0 Å². The van der Waals surface area contributed by atoms with E-state index in [4.69, 9.17) is 10.5 Å². The third-order valence-corrected chi connectivity index (χ3v) is 3.85. The summed E-state index contributed by atoms with van der Waals surface area (Å²) in [7, 11) is 1.64. The molecular formula is C16H27ClN2O2. The highest BCUT2D eigenvalue weighted by atomic mass is 35.5. The summed E-state index contributed by atoms with van der Waals surface area (Å²) in [6, 6.07) is 7.79. The summed E-state index contributed by atoms with van der Waals surface area (Å²) < 4.78 is 5.10. The van der Waals surface area contributed by atoms with E-state index in [0.717, 1.165) is 30.6 Å². The van der Waals surface area contributed by atoms with Crippen LogP contribution in [0.4, 0.5) is 0 Å². The highest BCUT2D eigenvalue weighted by Crippen LogP contribution is 2.13. The molecule has 0 aromatic heterocycles. The molecule has 0 aliphatic heterocycles. The topological polar surface area (TPSA) is 64.3 Å². The molecule has 1 aromatic rings. The largest absolute Gasteiger partial charge is 0.497 e. The monoisotopic (exact) mass is 314 g/mol. The van der Waals surface area contributed by atoms with Crippen molar-refractivity contribution < 1.29 is 9.53 Å². The molecule has 0 saturated carbocycles. The first-order valence-electron chi connectivity index (χ1n) is 7.21. The number of carbonyl (C=O) groups excluding carboxylic acids is 1. The summed E-state index contributed by atoms with van der Waals surface area (Å²) in [6.45, 7) is 4.64. The van der Waals surface area contributed by atoms with Crippen molar-refractivity contribution >= 4 is 18.3 Å². The van der Waals surface area contributed by atoms with E-state index in [-0.39, 0.29) is 23.9 Å². The van der Waals surface area contributed by atoms with Crippen LogP contribution in [-0.4, -0.2) is 25.1 Å². The molecule has 0 radical (unpaired) electrons. The normalized spacial score (nSPS) is 10.7. The Morgan fingerprint density at radius 2 is 1.81 bits per heavy atom. The first-order chi connectivity index (χ1) is 9.53. The number of benzene rings is 1. The van der Waals surface area contributed by atoms with E-state index >= 15 is 0 Å². The zero-order valence-corrected chi connectivity index (χ0v) is 14.0. The first-order valence-corrected chi connectivity index (χ1v) is 7.21. The van der Waals surface area contributed by atoms with Crippen LogP contribution < -0.4 is 15.8 Å². The second-order valence-electron chi connectivity index (χ2n) is 5.19. The third kappa shape index (κ3) is 6.82. The number of hydrogen-bond acceptors (Lipinski definition) is 3. The summed E-state index contributed by atoms with van der Waals surface area (Å²) >= 11 is 0. The maximum Gasteiger partial charge on any atom is 0.220 e. The minimum Gasteiger partial charge on any atom is -0.497 e. The second kappa shape index (κ2) is 9.64. The zero-order chi connectivity index (χ0) is 15.0. The van der Waals surface area contributed by atoms with Crippen LogP contribution in [0.3, 0.4) is 0 Å². The van der Waals surface area contributed by atoms with Crippen molar-refractivity contribution in [2.75, 3.05) is 13.7 Å². The van der Waals surface area contributed by atoms with Crippen LogP contribution >= 0.6 is 12.4 Å². The standard InChI is InChI=1S/C16H26N2O2.ClH/c1-4-16(17,5-2)12-18-15(19)11-8-13-6-9-14(20-3)10-7-13;/h6-7,9-10H,4-5,8,11-12,17H2,1-3H3,(H,18,19);1H. The van der Waals surface area contributed by atoms with Gasteiger partial charge in [0.15, 0.2) is 0 Å². The summed E-state index contributed by atoms with van der Waals surface area (Å²) in [4.78, 5) is 11.8. The van der Waals surface area contributed by atoms with Crippen molar-refractivity contribution in [1.82, 2.24) is 5.32 Å². The number of ether oxygens (including phenoxy) is 1. The minimum atomic E-state index is -0.282. The molecule has 0 saturated heterocycles. The number of aryl methyl sites for hydroxylation is 1. The molecule has 0 aliphatic carbocycles. The van der Waals surface area contributed by atoms with Crippen molar-refractivity contribution in [1.29, 1.82) is 0 Å². The lowest BCUT2D eigenvalue weighted by Crippen LogP contribution is -2.49. The number of nitrogens with one attached hydrogen (secondary N) is 1. The predicted octanol–water partition coefficient (Wildman–Crippen LogP) is 2.68. The fourth-order valence-electron chi connectivity index (χ4n) is 1.91. The van der Waals surface area contributed by atoms with Crippen LogP contribution in [0.15, 0.2) is 24.3 Å². The highest BCUT2D eigenvalue weighted by molar-refractivity contribution is 5.85. The van der Waals surface area contributed by atoms with Crippen molar-refractivity contribution in [3.8, 4) is 5.75 Å². The number of nitrogens with two attached hydrogens (primary N) is 1. The Morgan fingerprint density at radius 3 is 2.29 bits per heavy atom. The Kier molecular flexibility index (Phi) is 9.06. The molecule has 0 spiro atoms. The molecule has 0 fully saturated rings. The van der Waals surface area contributed by atoms with Crippen LogP contribution in [0.1, 0.15) is 38.7 Å². The molecule has 3 N–H and O–H groups in total. The number of methoxy groups -OCH3 is 1. The van der Waals surface area contributed by atoms with E-state index in [2.05, 4.69) is 5.32 Å². The van der Waals surface area contributed by atoms with Crippen LogP contribution in [-0.2, 0) is 11.2 Å². The average Bonchev–Trinajstić information content (AvgIpc) is 2.51. The van der Waals surface area contributed by atoms with Gasteiger partial charge in [0.1, 0.15) is 5.75 Å². The fourth-order valence-corrected chi connectivity index (χ4v) is 1.91. The smallest absolute Gasteiger partial charge is 0.220 e. The van der Waals surface area contributed by atoms with Crippen molar-refractivity contribution in [3.05, 3.63) is 29.8 Å². The molecule has 21 heavy (non-hydrogen) atoms. The van der Waals surface area contributed by atoms with Crippen molar-refractivity contribution in [2.45, 2.75) is 45.1 Å². The quantitative estimate of drug-likeness (QED) is 0.775. The van der Waals surface area contributed by atoms with E-state index in [1.807, 2.05) is 38.1 Å². The van der Waals surface area contributed by atoms with Gasteiger partial charge in [-0.15, -0.1) is 12.4 Å². The van der Waals surface area contributed by atoms with Gasteiger partial charge in [-0.2, -0.15) is 0 Å². The Labute approximate surface area is 133 Å². The lowest BCUT2D eigenvalue weighted by atomic mass is 9.94. The molecule has 1 amide bonds. The molecule has 0 bridgehead atoms. The number of amides is 1. The molecule has 1 rings (SSSR count). The van der Waals surface area contributed by atoms with Gasteiger partial charge in [0.2, 0.25) is 5.91 Å². The Morgan fingerprint density at radius 1 is 1.24 bits per heavy atom. The van der Waals surface area contributed by atoms with Gasteiger partial charge in [-0.1, -0.05) is 26.0 Å². The van der Waals surface area contributed by atoms with Gasteiger partial charge >= 0.3 is 0 Å². The van der Waals surface area contributed by atoms with Crippen molar-refractivity contribution in [2.24, 2.45) is 5.73 Å². The Balaban J connectivity index is 0.00000400. The van der Waals surface area contributed by atoms with Crippen LogP contribution in [0.2, 0.25) is 0 Å². The zero-order valence-electron chi connectivity index (χ0n) is 13.1. The maximum atomic E-state index is 11.8. The van der Waals surface area contributed by atoms with Gasteiger partial charge in [-0.25, -0.2) is 0 Å². The van der Waals surface area contributed by atoms with E-state index in [9.17, 15) is 4.79 Å². The number of halogens is 1. The molecular weight excluding hydrogens is 288 g/mol. The third-order valence-electron chi connectivity index (χ3n) is 3.85. The molecule has 120 valence electrons. The van der Waals surface area contributed by atoms with Gasteiger partial charge in [-0.3, -0.25) is 4.79 Å². The Hall–Kier alpha value is -1.26. The molecule has 0 heterocycles. The SMILES string of the molecule is CCC(N)(CC)CNC(=O)CCc1ccc(OC)cc1.Cl. The van der Waals surface area contributed by atoms with E-state index in [1.54, 1.807) is 7.11 Å². The maximum absolute atomic E-state index is 11.8. The summed E-state index contributed by atoms with van der Waals surface area (Å²) in [5.74, 6) is 0.884. The highest BCUT2D eigenvalue weighted by Gasteiger charge is 2.20. The van der Waals surface area contributed by atoms with Crippen LogP contribution in [0.5, 0.6) is 5.75 Å². The molecule has 0 aliphatic rings. The average molecular weight is 315 g/mol. The van der Waals surface area contributed by atoms with Gasteiger partial charge in [-0.05, 0) is 37.0 Å². The molecule has 1 aromatic carbocycles. The lowest BCUT2D eigenvalue weighted by molar-refractivity contribution is -0.121. The van der Waals surface area contributed by atoms with Gasteiger partial charge in [0.05, 0.1) is 7.11 Å². The Bertz CT molecular complexity index is 417. The van der Waals surface area contributed by atoms with Gasteiger partial charge in [0.25, 0.3) is 0 Å². The number of carbonyl (C=O) groups is 1. The minimum absolute atomic E-state index is 0. The van der Waals surface area contributed by atoms with Crippen LogP contribution in [0, 0.1) is 0 Å². The second-order valence-corrected chi connectivity index (χ2v) is 5.19. The van der Waals surface area contributed by atoms with E-state index < -0.39 is 0 Å². The van der Waals surface area contributed by atoms with E-state index in [0.29, 0.717) is 13.0 Å². The summed E-state index contributed by atoms with van der Waals surface area (Å²) in [5, 5.41) is 2.93. The van der Waals surface area contributed by atoms with Crippen molar-refractivity contribution in [3.63, 3.8) is 0 Å². The summed E-state index contributed by atoms with van der Waals surface area (Å²) in [5.41, 5.74) is 7.00. The molecule has 5 heteroatoms.